The molecule has 24 heavy (non-hydrogen) atoms. The quantitative estimate of drug-likeness (QED) is 0.435. The standard InChI is InChI=1S/C22H18N2/c1-13-10-16-8-9-23-20-17-11-14-6-4-5-7-15(14)12-18(17)22(2,3)21(24-13)19(16)20/h4-12H,1-3H3. The van der Waals surface area contributed by atoms with Gasteiger partial charge in [0.1, 0.15) is 0 Å². The molecule has 0 bridgehead atoms. The molecule has 116 valence electrons. The van der Waals surface area contributed by atoms with E-state index in [1.54, 1.807) is 0 Å². The molecule has 0 saturated carbocycles. The topological polar surface area (TPSA) is 25.8 Å². The molecule has 0 atom stereocenters. The molecule has 0 fully saturated rings. The van der Waals surface area contributed by atoms with E-state index in [-0.39, 0.29) is 5.41 Å². The lowest BCUT2D eigenvalue weighted by atomic mass is 9.71. The summed E-state index contributed by atoms with van der Waals surface area (Å²) in [6, 6.07) is 17.4. The highest BCUT2D eigenvalue weighted by atomic mass is 14.8. The number of aromatic nitrogens is 2. The lowest BCUT2D eigenvalue weighted by Gasteiger charge is -2.34. The molecule has 5 rings (SSSR count). The second-order valence-electron chi connectivity index (χ2n) is 7.24. The molecule has 1 aliphatic carbocycles. The first-order valence-electron chi connectivity index (χ1n) is 8.36. The first kappa shape index (κ1) is 13.7. The van der Waals surface area contributed by atoms with Crippen LogP contribution in [0.3, 0.4) is 0 Å². The summed E-state index contributed by atoms with van der Waals surface area (Å²) in [6.45, 7) is 6.62. The summed E-state index contributed by atoms with van der Waals surface area (Å²) in [5.74, 6) is 0. The maximum atomic E-state index is 4.92. The summed E-state index contributed by atoms with van der Waals surface area (Å²) >= 11 is 0. The molecule has 1 aliphatic rings. The molecule has 2 aromatic carbocycles. The number of pyridine rings is 2. The van der Waals surface area contributed by atoms with Crippen molar-refractivity contribution >= 4 is 21.5 Å². The van der Waals surface area contributed by atoms with E-state index in [4.69, 9.17) is 9.97 Å². The van der Waals surface area contributed by atoms with Gasteiger partial charge in [-0.15, -0.1) is 0 Å². The van der Waals surface area contributed by atoms with Crippen molar-refractivity contribution in [1.82, 2.24) is 9.97 Å². The fourth-order valence-corrected chi connectivity index (χ4v) is 4.07. The highest BCUT2D eigenvalue weighted by Crippen LogP contribution is 2.47. The zero-order valence-corrected chi connectivity index (χ0v) is 14.1. The molecule has 0 spiro atoms. The maximum Gasteiger partial charge on any atom is 0.0802 e. The fourth-order valence-electron chi connectivity index (χ4n) is 4.07. The van der Waals surface area contributed by atoms with E-state index in [0.717, 1.165) is 17.1 Å². The molecule has 2 aromatic heterocycles. The van der Waals surface area contributed by atoms with E-state index < -0.39 is 0 Å². The number of hydrogen-bond acceptors (Lipinski definition) is 2. The number of benzene rings is 2. The van der Waals surface area contributed by atoms with Crippen molar-refractivity contribution in [2.45, 2.75) is 26.2 Å². The highest BCUT2D eigenvalue weighted by molar-refractivity contribution is 6.03. The number of fused-ring (bicyclic) bond motifs is 3. The van der Waals surface area contributed by atoms with Crippen LogP contribution in [0, 0.1) is 6.92 Å². The molecule has 2 nitrogen and oxygen atoms in total. The Morgan fingerprint density at radius 2 is 1.62 bits per heavy atom. The SMILES string of the molecule is Cc1cc2ccnc3c2c(n1)C(C)(C)c1cc2ccccc2cc1-3. The van der Waals surface area contributed by atoms with E-state index in [9.17, 15) is 0 Å². The van der Waals surface area contributed by atoms with Crippen LogP contribution in [0.25, 0.3) is 32.8 Å². The van der Waals surface area contributed by atoms with Crippen molar-refractivity contribution in [3.05, 3.63) is 71.7 Å². The van der Waals surface area contributed by atoms with E-state index in [1.165, 1.54) is 32.7 Å². The van der Waals surface area contributed by atoms with E-state index in [1.807, 2.05) is 6.20 Å². The third kappa shape index (κ3) is 1.66. The van der Waals surface area contributed by atoms with E-state index in [0.29, 0.717) is 0 Å². The van der Waals surface area contributed by atoms with Crippen LogP contribution < -0.4 is 0 Å². The van der Waals surface area contributed by atoms with Crippen LogP contribution in [0.4, 0.5) is 0 Å². The van der Waals surface area contributed by atoms with Crippen molar-refractivity contribution in [2.75, 3.05) is 0 Å². The Bertz CT molecular complexity index is 1140. The van der Waals surface area contributed by atoms with Gasteiger partial charge in [0.05, 0.1) is 11.4 Å². The molecule has 4 aromatic rings. The van der Waals surface area contributed by atoms with Gasteiger partial charge in [0.2, 0.25) is 0 Å². The molecule has 0 radical (unpaired) electrons. The second kappa shape index (κ2) is 4.41. The monoisotopic (exact) mass is 310 g/mol. The molecule has 0 N–H and O–H groups in total. The molecular weight excluding hydrogens is 292 g/mol. The van der Waals surface area contributed by atoms with Crippen molar-refractivity contribution in [3.8, 4) is 11.3 Å². The Hall–Kier alpha value is -2.74. The van der Waals surface area contributed by atoms with Crippen molar-refractivity contribution in [2.24, 2.45) is 0 Å². The molecule has 0 saturated heterocycles. The summed E-state index contributed by atoms with van der Waals surface area (Å²) in [6.07, 6.45) is 1.91. The van der Waals surface area contributed by atoms with Crippen LogP contribution in [0.1, 0.15) is 30.8 Å². The van der Waals surface area contributed by atoms with Gasteiger partial charge < -0.3 is 0 Å². The molecule has 0 unspecified atom stereocenters. The predicted molar refractivity (Wildman–Crippen MR) is 99.3 cm³/mol. The molecule has 2 heteroatoms. The summed E-state index contributed by atoms with van der Waals surface area (Å²) in [7, 11) is 0. The first-order chi connectivity index (χ1) is 11.6. The first-order valence-corrected chi connectivity index (χ1v) is 8.36. The van der Waals surface area contributed by atoms with Gasteiger partial charge in [-0.25, -0.2) is 0 Å². The van der Waals surface area contributed by atoms with Crippen LogP contribution in [-0.2, 0) is 5.41 Å². The van der Waals surface area contributed by atoms with Crippen LogP contribution in [0.15, 0.2) is 54.7 Å². The zero-order valence-electron chi connectivity index (χ0n) is 14.1. The van der Waals surface area contributed by atoms with E-state index >= 15 is 0 Å². The van der Waals surface area contributed by atoms with Crippen molar-refractivity contribution in [3.63, 3.8) is 0 Å². The summed E-state index contributed by atoms with van der Waals surface area (Å²) in [5.41, 5.74) is 5.68. The minimum absolute atomic E-state index is 0.139. The third-order valence-electron chi connectivity index (χ3n) is 5.28. The average molecular weight is 310 g/mol. The van der Waals surface area contributed by atoms with Crippen molar-refractivity contribution in [1.29, 1.82) is 0 Å². The van der Waals surface area contributed by atoms with Gasteiger partial charge in [0.25, 0.3) is 0 Å². The van der Waals surface area contributed by atoms with Gasteiger partial charge in [0, 0.05) is 28.3 Å². The predicted octanol–water partition coefficient (Wildman–Crippen LogP) is 5.40. The smallest absolute Gasteiger partial charge is 0.0802 e. The van der Waals surface area contributed by atoms with Gasteiger partial charge in [0.15, 0.2) is 0 Å². The third-order valence-corrected chi connectivity index (χ3v) is 5.28. The largest absolute Gasteiger partial charge is 0.257 e. The fraction of sp³-hybridized carbons (Fsp3) is 0.182. The second-order valence-corrected chi connectivity index (χ2v) is 7.24. The summed E-state index contributed by atoms with van der Waals surface area (Å²) in [4.78, 5) is 9.66. The number of nitrogens with zero attached hydrogens (tertiary/aromatic N) is 2. The zero-order chi connectivity index (χ0) is 16.5. The minimum Gasteiger partial charge on any atom is -0.257 e. The summed E-state index contributed by atoms with van der Waals surface area (Å²) < 4.78 is 0. The Kier molecular flexibility index (Phi) is 2.52. The van der Waals surface area contributed by atoms with Crippen LogP contribution in [0.2, 0.25) is 0 Å². The molecule has 0 amide bonds. The molecule has 0 aliphatic heterocycles. The highest BCUT2D eigenvalue weighted by Gasteiger charge is 2.35. The summed E-state index contributed by atoms with van der Waals surface area (Å²) in [5, 5.41) is 4.97. The lowest BCUT2D eigenvalue weighted by molar-refractivity contribution is 0.620. The van der Waals surface area contributed by atoms with Gasteiger partial charge in [-0.3, -0.25) is 9.97 Å². The molecular formula is C22H18N2. The van der Waals surface area contributed by atoms with Crippen LogP contribution in [-0.4, -0.2) is 9.97 Å². The Balaban J connectivity index is 2.02. The normalized spacial score (nSPS) is 14.8. The van der Waals surface area contributed by atoms with Crippen molar-refractivity contribution < 1.29 is 0 Å². The van der Waals surface area contributed by atoms with E-state index in [2.05, 4.69) is 69.3 Å². The molecule has 2 heterocycles. The lowest BCUT2D eigenvalue weighted by Crippen LogP contribution is -2.26. The van der Waals surface area contributed by atoms with Gasteiger partial charge in [-0.05, 0) is 52.9 Å². The number of rotatable bonds is 0. The average Bonchev–Trinajstić information content (AvgIpc) is 2.58. The number of hydrogen-bond donors (Lipinski definition) is 0. The Morgan fingerprint density at radius 1 is 0.875 bits per heavy atom. The maximum absolute atomic E-state index is 4.92. The Labute approximate surface area is 141 Å². The minimum atomic E-state index is -0.139. The van der Waals surface area contributed by atoms with Gasteiger partial charge in [-0.1, -0.05) is 38.1 Å². The van der Waals surface area contributed by atoms with Gasteiger partial charge in [-0.2, -0.15) is 0 Å². The Morgan fingerprint density at radius 3 is 2.42 bits per heavy atom. The van der Waals surface area contributed by atoms with Crippen LogP contribution >= 0.6 is 0 Å². The van der Waals surface area contributed by atoms with Gasteiger partial charge >= 0.3 is 0 Å². The number of aryl methyl sites for hydroxylation is 1. The van der Waals surface area contributed by atoms with Crippen LogP contribution in [0.5, 0.6) is 0 Å².